The van der Waals surface area contributed by atoms with Crippen molar-refractivity contribution >= 4 is 11.8 Å². The van der Waals surface area contributed by atoms with E-state index >= 15 is 0 Å². The first kappa shape index (κ1) is 22.6. The number of amides is 2. The predicted molar refractivity (Wildman–Crippen MR) is 126 cm³/mol. The molecule has 1 saturated carbocycles. The Morgan fingerprint density at radius 1 is 0.970 bits per heavy atom. The molecular formula is C27H30N2O4. The molecular weight excluding hydrogens is 416 g/mol. The molecule has 33 heavy (non-hydrogen) atoms. The molecule has 0 spiro atoms. The van der Waals surface area contributed by atoms with Crippen molar-refractivity contribution < 1.29 is 18.7 Å². The molecule has 0 radical (unpaired) electrons. The second-order valence-electron chi connectivity index (χ2n) is 8.55. The van der Waals surface area contributed by atoms with Gasteiger partial charge < -0.3 is 19.8 Å². The van der Waals surface area contributed by atoms with E-state index in [1.807, 2.05) is 61.5 Å². The van der Waals surface area contributed by atoms with E-state index in [2.05, 4.69) is 10.6 Å². The Bertz CT molecular complexity index is 1030. The zero-order valence-corrected chi connectivity index (χ0v) is 18.8. The molecule has 0 saturated heterocycles. The Morgan fingerprint density at radius 2 is 1.73 bits per heavy atom. The molecule has 2 N–H and O–H groups in total. The lowest BCUT2D eigenvalue weighted by atomic mass is 9.86. The summed E-state index contributed by atoms with van der Waals surface area (Å²) in [6.45, 7) is 2.80. The lowest BCUT2D eigenvalue weighted by Crippen LogP contribution is -2.41. The summed E-state index contributed by atoms with van der Waals surface area (Å²) in [5.41, 5.74) is 1.58. The fraction of sp³-hybridized carbons (Fsp3) is 0.333. The molecule has 1 aliphatic rings. The van der Waals surface area contributed by atoms with Crippen LogP contribution < -0.4 is 15.4 Å². The van der Waals surface area contributed by atoms with Crippen molar-refractivity contribution in [3.63, 3.8) is 0 Å². The Morgan fingerprint density at radius 3 is 2.36 bits per heavy atom. The second kappa shape index (κ2) is 10.9. The third kappa shape index (κ3) is 6.04. The molecule has 1 aromatic heterocycles. The molecule has 6 nitrogen and oxygen atoms in total. The molecule has 1 heterocycles. The van der Waals surface area contributed by atoms with E-state index < -0.39 is 12.0 Å². The number of carbonyl (C=O) groups is 2. The lowest BCUT2D eigenvalue weighted by molar-refractivity contribution is -0.129. The molecule has 0 bridgehead atoms. The molecule has 1 aliphatic carbocycles. The first-order valence-corrected chi connectivity index (χ1v) is 11.5. The van der Waals surface area contributed by atoms with Crippen LogP contribution in [0.1, 0.15) is 55.0 Å². The molecule has 0 unspecified atom stereocenters. The predicted octanol–water partition coefficient (Wildman–Crippen LogP) is 4.74. The Balaban J connectivity index is 1.46. The van der Waals surface area contributed by atoms with Crippen LogP contribution in [0.2, 0.25) is 0 Å². The van der Waals surface area contributed by atoms with Crippen molar-refractivity contribution in [2.75, 3.05) is 6.61 Å². The van der Waals surface area contributed by atoms with Gasteiger partial charge in [-0.15, -0.1) is 0 Å². The average Bonchev–Trinajstić information content (AvgIpc) is 3.34. The van der Waals surface area contributed by atoms with E-state index in [0.717, 1.165) is 17.9 Å². The third-order valence-electron chi connectivity index (χ3n) is 6.18. The molecule has 3 aromatic rings. The number of hydrogen-bond donors (Lipinski definition) is 2. The van der Waals surface area contributed by atoms with Crippen LogP contribution in [0.15, 0.2) is 77.4 Å². The van der Waals surface area contributed by atoms with Gasteiger partial charge in [0.25, 0.3) is 0 Å². The normalized spacial score (nSPS) is 15.2. The highest BCUT2D eigenvalue weighted by Gasteiger charge is 2.26. The van der Waals surface area contributed by atoms with Gasteiger partial charge in [-0.25, -0.2) is 0 Å². The molecule has 4 rings (SSSR count). The molecule has 6 heteroatoms. The van der Waals surface area contributed by atoms with Crippen molar-refractivity contribution in [1.82, 2.24) is 10.6 Å². The van der Waals surface area contributed by atoms with Crippen LogP contribution in [-0.4, -0.2) is 18.4 Å². The topological polar surface area (TPSA) is 80.6 Å². The standard InChI is InChI=1S/C27H30N2O4/c1-19(21-9-3-2-4-10-21)26(30)29-25(27(31)28-17-24-11-6-16-32-24)22-12-14-23(15-13-22)33-18-20-7-5-8-20/h2-4,6,9-16,19-20,25H,5,7-8,17-18H2,1H3,(H,28,31)(H,29,30)/t19-,25+/m0/s1. The number of rotatable bonds is 10. The lowest BCUT2D eigenvalue weighted by Gasteiger charge is -2.25. The van der Waals surface area contributed by atoms with Crippen molar-refractivity contribution in [3.8, 4) is 5.75 Å². The van der Waals surface area contributed by atoms with Gasteiger partial charge in [-0.1, -0.05) is 48.9 Å². The van der Waals surface area contributed by atoms with Gasteiger partial charge in [0.15, 0.2) is 0 Å². The third-order valence-corrected chi connectivity index (χ3v) is 6.18. The summed E-state index contributed by atoms with van der Waals surface area (Å²) < 4.78 is 11.2. The molecule has 1 fully saturated rings. The Hall–Kier alpha value is -3.54. The van der Waals surface area contributed by atoms with Gasteiger partial charge in [0.2, 0.25) is 11.8 Å². The summed E-state index contributed by atoms with van der Waals surface area (Å²) in [4.78, 5) is 26.1. The fourth-order valence-corrected chi connectivity index (χ4v) is 3.78. The largest absolute Gasteiger partial charge is 0.493 e. The number of benzene rings is 2. The molecule has 2 aromatic carbocycles. The molecule has 0 aliphatic heterocycles. The minimum Gasteiger partial charge on any atom is -0.493 e. The Labute approximate surface area is 194 Å². The van der Waals surface area contributed by atoms with Crippen LogP contribution in [0.3, 0.4) is 0 Å². The maximum Gasteiger partial charge on any atom is 0.247 e. The maximum absolute atomic E-state index is 13.1. The highest BCUT2D eigenvalue weighted by atomic mass is 16.5. The van der Waals surface area contributed by atoms with Crippen LogP contribution >= 0.6 is 0 Å². The van der Waals surface area contributed by atoms with Gasteiger partial charge in [0.1, 0.15) is 17.6 Å². The minimum absolute atomic E-state index is 0.218. The SMILES string of the molecule is C[C@H](C(=O)N[C@@H](C(=O)NCc1ccco1)c1ccc(OCC2CCC2)cc1)c1ccccc1. The molecule has 172 valence electrons. The van der Waals surface area contributed by atoms with Gasteiger partial charge in [0.05, 0.1) is 25.3 Å². The van der Waals surface area contributed by atoms with Gasteiger partial charge in [-0.3, -0.25) is 9.59 Å². The van der Waals surface area contributed by atoms with Crippen LogP contribution in [0, 0.1) is 5.92 Å². The first-order valence-electron chi connectivity index (χ1n) is 11.5. The molecule has 2 amide bonds. The van der Waals surface area contributed by atoms with Crippen molar-refractivity contribution in [3.05, 3.63) is 89.9 Å². The van der Waals surface area contributed by atoms with Gasteiger partial charge >= 0.3 is 0 Å². The summed E-state index contributed by atoms with van der Waals surface area (Å²) in [6.07, 6.45) is 5.29. The average molecular weight is 447 g/mol. The van der Waals surface area contributed by atoms with E-state index in [4.69, 9.17) is 9.15 Å². The maximum atomic E-state index is 13.1. The summed E-state index contributed by atoms with van der Waals surface area (Å²) in [7, 11) is 0. The quantitative estimate of drug-likeness (QED) is 0.472. The summed E-state index contributed by atoms with van der Waals surface area (Å²) >= 11 is 0. The number of nitrogens with one attached hydrogen (secondary N) is 2. The monoisotopic (exact) mass is 446 g/mol. The Kier molecular flexibility index (Phi) is 7.45. The highest BCUT2D eigenvalue weighted by molar-refractivity contribution is 5.91. The van der Waals surface area contributed by atoms with E-state index in [1.54, 1.807) is 18.4 Å². The number of furan rings is 1. The minimum atomic E-state index is -0.834. The first-order chi connectivity index (χ1) is 16.1. The van der Waals surface area contributed by atoms with Crippen LogP contribution in [0.5, 0.6) is 5.75 Å². The number of ether oxygens (including phenoxy) is 1. The van der Waals surface area contributed by atoms with E-state index in [9.17, 15) is 9.59 Å². The smallest absolute Gasteiger partial charge is 0.247 e. The highest BCUT2D eigenvalue weighted by Crippen LogP contribution is 2.27. The summed E-state index contributed by atoms with van der Waals surface area (Å²) in [6, 6.07) is 19.6. The van der Waals surface area contributed by atoms with Gasteiger partial charge in [-0.05, 0) is 61.1 Å². The summed E-state index contributed by atoms with van der Waals surface area (Å²) in [5, 5.41) is 5.79. The van der Waals surface area contributed by atoms with Crippen molar-refractivity contribution in [1.29, 1.82) is 0 Å². The van der Waals surface area contributed by atoms with E-state index in [1.165, 1.54) is 19.3 Å². The van der Waals surface area contributed by atoms with E-state index in [0.29, 0.717) is 17.2 Å². The molecule has 2 atom stereocenters. The van der Waals surface area contributed by atoms with Gasteiger partial charge in [-0.2, -0.15) is 0 Å². The second-order valence-corrected chi connectivity index (χ2v) is 8.55. The van der Waals surface area contributed by atoms with Crippen LogP contribution in [0.4, 0.5) is 0 Å². The summed E-state index contributed by atoms with van der Waals surface area (Å²) in [5.74, 6) is 1.14. The zero-order valence-electron chi connectivity index (χ0n) is 18.8. The number of carbonyl (C=O) groups excluding carboxylic acids is 2. The van der Waals surface area contributed by atoms with Crippen LogP contribution in [0.25, 0.3) is 0 Å². The van der Waals surface area contributed by atoms with Crippen molar-refractivity contribution in [2.24, 2.45) is 5.92 Å². The number of hydrogen-bond acceptors (Lipinski definition) is 4. The van der Waals surface area contributed by atoms with Crippen LogP contribution in [-0.2, 0) is 16.1 Å². The fourth-order valence-electron chi connectivity index (χ4n) is 3.78. The zero-order chi connectivity index (χ0) is 23.0. The van der Waals surface area contributed by atoms with Crippen molar-refractivity contribution in [2.45, 2.75) is 44.7 Å². The van der Waals surface area contributed by atoms with Gasteiger partial charge in [0, 0.05) is 0 Å². The van der Waals surface area contributed by atoms with E-state index in [-0.39, 0.29) is 18.4 Å².